The van der Waals surface area contributed by atoms with Gasteiger partial charge in [-0.25, -0.2) is 0 Å². The Morgan fingerprint density at radius 3 is 2.19 bits per heavy atom. The first-order valence-corrected chi connectivity index (χ1v) is 7.32. The topological polar surface area (TPSA) is 23.8 Å². The molecule has 0 saturated carbocycles. The first-order chi connectivity index (χ1) is 10.3. The number of nitriles is 1. The summed E-state index contributed by atoms with van der Waals surface area (Å²) in [4.78, 5) is 0. The van der Waals surface area contributed by atoms with E-state index in [4.69, 9.17) is 0 Å². The van der Waals surface area contributed by atoms with Gasteiger partial charge in [-0.1, -0.05) is 67.6 Å². The molecule has 0 fully saturated rings. The first kappa shape index (κ1) is 13.4. The van der Waals surface area contributed by atoms with Gasteiger partial charge in [-0.2, -0.15) is 5.26 Å². The zero-order valence-corrected chi connectivity index (χ0v) is 12.1. The molecule has 21 heavy (non-hydrogen) atoms. The van der Waals surface area contributed by atoms with Gasteiger partial charge in [0.2, 0.25) is 0 Å². The molecule has 0 radical (unpaired) electrons. The fourth-order valence-electron chi connectivity index (χ4n) is 3.04. The van der Waals surface area contributed by atoms with Crippen LogP contribution >= 0.6 is 0 Å². The number of benzene rings is 3. The molecule has 1 atom stereocenters. The third-order valence-corrected chi connectivity index (χ3v) is 4.06. The number of hydrogen-bond acceptors (Lipinski definition) is 1. The van der Waals surface area contributed by atoms with Crippen LogP contribution in [0.2, 0.25) is 0 Å². The van der Waals surface area contributed by atoms with Crippen molar-refractivity contribution in [3.05, 3.63) is 83.4 Å². The molecule has 0 saturated heterocycles. The highest BCUT2D eigenvalue weighted by Gasteiger charge is 2.15. The quantitative estimate of drug-likeness (QED) is 0.638. The Kier molecular flexibility index (Phi) is 3.71. The molecule has 0 heterocycles. The smallest absolute Gasteiger partial charge is 0.0998 e. The van der Waals surface area contributed by atoms with E-state index in [0.717, 1.165) is 17.4 Å². The Balaban J connectivity index is 2.23. The van der Waals surface area contributed by atoms with Crippen molar-refractivity contribution in [1.29, 1.82) is 5.26 Å². The molecule has 0 aliphatic carbocycles. The van der Waals surface area contributed by atoms with Gasteiger partial charge in [0.05, 0.1) is 11.6 Å². The normalized spacial score (nSPS) is 12.0. The molecule has 3 aromatic rings. The van der Waals surface area contributed by atoms with Crippen LogP contribution in [0, 0.1) is 11.3 Å². The lowest BCUT2D eigenvalue weighted by Gasteiger charge is -2.18. The van der Waals surface area contributed by atoms with Gasteiger partial charge in [0.15, 0.2) is 0 Å². The Hall–Kier alpha value is -2.59. The third-order valence-electron chi connectivity index (χ3n) is 4.06. The second-order valence-electron chi connectivity index (χ2n) is 5.23. The first-order valence-electron chi connectivity index (χ1n) is 7.32. The maximum Gasteiger partial charge on any atom is 0.0998 e. The second kappa shape index (κ2) is 5.81. The van der Waals surface area contributed by atoms with Gasteiger partial charge in [-0.05, 0) is 34.4 Å². The Bertz CT molecular complexity index is 797. The van der Waals surface area contributed by atoms with Crippen molar-refractivity contribution in [3.8, 4) is 6.07 Å². The van der Waals surface area contributed by atoms with Gasteiger partial charge in [-0.3, -0.25) is 0 Å². The summed E-state index contributed by atoms with van der Waals surface area (Å²) in [6, 6.07) is 25.1. The minimum Gasteiger partial charge on any atom is -0.192 e. The van der Waals surface area contributed by atoms with Crippen molar-refractivity contribution in [2.24, 2.45) is 0 Å². The predicted molar refractivity (Wildman–Crippen MR) is 87.2 cm³/mol. The van der Waals surface area contributed by atoms with Gasteiger partial charge < -0.3 is 0 Å². The number of hydrogen-bond donors (Lipinski definition) is 0. The summed E-state index contributed by atoms with van der Waals surface area (Å²) in [6.45, 7) is 2.21. The summed E-state index contributed by atoms with van der Waals surface area (Å²) >= 11 is 0. The number of rotatable bonds is 3. The molecule has 0 aliphatic heterocycles. The van der Waals surface area contributed by atoms with Crippen LogP contribution in [0.5, 0.6) is 0 Å². The van der Waals surface area contributed by atoms with E-state index in [9.17, 15) is 5.26 Å². The molecule has 0 amide bonds. The minimum atomic E-state index is 0.365. The summed E-state index contributed by atoms with van der Waals surface area (Å²) < 4.78 is 0. The van der Waals surface area contributed by atoms with Crippen LogP contribution in [-0.4, -0.2) is 0 Å². The van der Waals surface area contributed by atoms with Gasteiger partial charge in [0.25, 0.3) is 0 Å². The van der Waals surface area contributed by atoms with E-state index in [1.807, 2.05) is 30.3 Å². The van der Waals surface area contributed by atoms with E-state index in [0.29, 0.717) is 5.92 Å². The molecule has 0 aromatic heterocycles. The zero-order chi connectivity index (χ0) is 14.7. The van der Waals surface area contributed by atoms with Crippen molar-refractivity contribution in [3.63, 3.8) is 0 Å². The molecular weight excluding hydrogens is 254 g/mol. The second-order valence-corrected chi connectivity index (χ2v) is 5.23. The number of fused-ring (bicyclic) bond motifs is 1. The maximum absolute atomic E-state index is 9.29. The van der Waals surface area contributed by atoms with Crippen LogP contribution in [0.4, 0.5) is 0 Å². The molecular formula is C20H17N. The van der Waals surface area contributed by atoms with E-state index >= 15 is 0 Å². The van der Waals surface area contributed by atoms with E-state index in [2.05, 4.69) is 49.4 Å². The van der Waals surface area contributed by atoms with Crippen LogP contribution in [0.3, 0.4) is 0 Å². The standard InChI is InChI=1S/C20H17N/c1-2-17(15-8-4-3-5-9-15)20-13-12-16(14-21)18-10-6-7-11-19(18)20/h3-13,17H,2H2,1H3. The largest absolute Gasteiger partial charge is 0.192 e. The molecule has 0 N–H and O–H groups in total. The molecule has 0 aliphatic rings. The van der Waals surface area contributed by atoms with Crippen molar-refractivity contribution >= 4 is 10.8 Å². The summed E-state index contributed by atoms with van der Waals surface area (Å²) in [7, 11) is 0. The van der Waals surface area contributed by atoms with Crippen molar-refractivity contribution in [2.75, 3.05) is 0 Å². The fraction of sp³-hybridized carbons (Fsp3) is 0.150. The molecule has 3 aromatic carbocycles. The summed E-state index contributed by atoms with van der Waals surface area (Å²) in [5.41, 5.74) is 3.38. The van der Waals surface area contributed by atoms with E-state index in [1.165, 1.54) is 16.5 Å². The van der Waals surface area contributed by atoms with E-state index in [1.54, 1.807) is 0 Å². The highest BCUT2D eigenvalue weighted by Crippen LogP contribution is 2.34. The number of nitrogens with zero attached hydrogens (tertiary/aromatic N) is 1. The molecule has 1 unspecified atom stereocenters. The lowest BCUT2D eigenvalue weighted by Crippen LogP contribution is -2.01. The van der Waals surface area contributed by atoms with Crippen LogP contribution in [-0.2, 0) is 0 Å². The highest BCUT2D eigenvalue weighted by molar-refractivity contribution is 5.91. The Morgan fingerprint density at radius 1 is 0.857 bits per heavy atom. The summed E-state index contributed by atoms with van der Waals surface area (Å²) in [5.74, 6) is 0.365. The zero-order valence-electron chi connectivity index (χ0n) is 12.1. The molecule has 0 spiro atoms. The molecule has 1 nitrogen and oxygen atoms in total. The van der Waals surface area contributed by atoms with E-state index in [-0.39, 0.29) is 0 Å². The van der Waals surface area contributed by atoms with Crippen LogP contribution in [0.1, 0.15) is 36.0 Å². The Morgan fingerprint density at radius 2 is 1.52 bits per heavy atom. The van der Waals surface area contributed by atoms with Gasteiger partial charge in [-0.15, -0.1) is 0 Å². The summed E-state index contributed by atoms with van der Waals surface area (Å²) in [6.07, 6.45) is 1.04. The SMILES string of the molecule is CCC(c1ccccc1)c1ccc(C#N)c2ccccc12. The van der Waals surface area contributed by atoms with Crippen LogP contribution in [0.15, 0.2) is 66.7 Å². The van der Waals surface area contributed by atoms with Crippen molar-refractivity contribution in [2.45, 2.75) is 19.3 Å². The van der Waals surface area contributed by atoms with Gasteiger partial charge >= 0.3 is 0 Å². The van der Waals surface area contributed by atoms with Gasteiger partial charge in [0.1, 0.15) is 0 Å². The summed E-state index contributed by atoms with van der Waals surface area (Å²) in [5, 5.41) is 11.5. The van der Waals surface area contributed by atoms with Crippen LogP contribution in [0.25, 0.3) is 10.8 Å². The molecule has 102 valence electrons. The van der Waals surface area contributed by atoms with Gasteiger partial charge in [0, 0.05) is 5.92 Å². The average Bonchev–Trinajstić information content (AvgIpc) is 2.56. The van der Waals surface area contributed by atoms with E-state index < -0.39 is 0 Å². The fourth-order valence-corrected chi connectivity index (χ4v) is 3.04. The predicted octanol–water partition coefficient (Wildman–Crippen LogP) is 5.25. The monoisotopic (exact) mass is 271 g/mol. The lowest BCUT2D eigenvalue weighted by molar-refractivity contribution is 0.783. The molecule has 1 heteroatoms. The highest BCUT2D eigenvalue weighted by atomic mass is 14.3. The minimum absolute atomic E-state index is 0.365. The van der Waals surface area contributed by atoms with Crippen LogP contribution < -0.4 is 0 Å². The molecule has 0 bridgehead atoms. The van der Waals surface area contributed by atoms with Crippen molar-refractivity contribution in [1.82, 2.24) is 0 Å². The lowest BCUT2D eigenvalue weighted by atomic mass is 9.85. The Labute approximate surface area is 125 Å². The average molecular weight is 271 g/mol. The maximum atomic E-state index is 9.29. The molecule has 3 rings (SSSR count). The third kappa shape index (κ3) is 2.41. The van der Waals surface area contributed by atoms with Crippen molar-refractivity contribution < 1.29 is 0 Å².